The maximum absolute atomic E-state index is 11.2. The van der Waals surface area contributed by atoms with E-state index in [9.17, 15) is 24.9 Å². The Balaban J connectivity index is 4.43. The van der Waals surface area contributed by atoms with Gasteiger partial charge >= 0.3 is 11.9 Å². The predicted molar refractivity (Wildman–Crippen MR) is 140 cm³/mol. The summed E-state index contributed by atoms with van der Waals surface area (Å²) >= 11 is 0. The Morgan fingerprint density at radius 2 is 1.13 bits per heavy atom. The lowest BCUT2D eigenvalue weighted by Gasteiger charge is -2.20. The smallest absolute Gasteiger partial charge is 0.330 e. The van der Waals surface area contributed by atoms with Gasteiger partial charge in [0.2, 0.25) is 0 Å². The van der Waals surface area contributed by atoms with E-state index in [-0.39, 0.29) is 78.5 Å². The first-order chi connectivity index (χ1) is 18.7. The highest BCUT2D eigenvalue weighted by Gasteiger charge is 2.16. The van der Waals surface area contributed by atoms with Crippen molar-refractivity contribution < 1.29 is 63.7 Å². The predicted octanol–water partition coefficient (Wildman–Crippen LogP) is -2.42. The Kier molecular flexibility index (Phi) is 23.8. The van der Waals surface area contributed by atoms with E-state index in [2.05, 4.69) is 13.2 Å². The molecular weight excluding hydrogens is 518 g/mol. The largest absolute Gasteiger partial charge is 0.460 e. The van der Waals surface area contributed by atoms with Gasteiger partial charge in [-0.15, -0.1) is 0 Å². The van der Waals surface area contributed by atoms with Crippen molar-refractivity contribution in [2.45, 2.75) is 44.0 Å². The molecule has 0 aliphatic rings. The summed E-state index contributed by atoms with van der Waals surface area (Å²) in [6, 6.07) is 0. The van der Waals surface area contributed by atoms with Crippen molar-refractivity contribution in [3.63, 3.8) is 0 Å². The summed E-state index contributed by atoms with van der Waals surface area (Å²) in [7, 11) is 0. The molecule has 4 unspecified atom stereocenters. The number of carbonyl (C=O) groups is 2. The van der Waals surface area contributed by atoms with Crippen LogP contribution in [0.5, 0.6) is 0 Å². The third-order valence-electron chi connectivity index (χ3n) is 5.52. The van der Waals surface area contributed by atoms with E-state index in [1.807, 2.05) is 0 Å². The lowest BCUT2D eigenvalue weighted by atomic mass is 10.0. The second kappa shape index (κ2) is 25.1. The number of nitrogens with one attached hydrogen (secondary N) is 1. The third-order valence-corrected chi connectivity index (χ3v) is 5.52. The van der Waals surface area contributed by atoms with Crippen LogP contribution in [-0.4, -0.2) is 135 Å². The number of quaternary nitrogens is 1. The number of esters is 2. The van der Waals surface area contributed by atoms with Crippen LogP contribution in [0.1, 0.15) is 25.7 Å². The molecule has 0 radical (unpaired) electrons. The van der Waals surface area contributed by atoms with Crippen LogP contribution in [0.25, 0.3) is 0 Å². The van der Waals surface area contributed by atoms with Crippen molar-refractivity contribution in [2.75, 3.05) is 79.3 Å². The molecule has 6 N–H and O–H groups in total. The van der Waals surface area contributed by atoms with E-state index >= 15 is 0 Å². The van der Waals surface area contributed by atoms with Gasteiger partial charge in [0.15, 0.2) is 6.73 Å². The van der Waals surface area contributed by atoms with Gasteiger partial charge in [-0.25, -0.2) is 9.59 Å². The molecule has 0 fully saturated rings. The summed E-state index contributed by atoms with van der Waals surface area (Å²) < 4.78 is 26.5. The van der Waals surface area contributed by atoms with Gasteiger partial charge < -0.3 is 54.1 Å². The molecule has 13 nitrogen and oxygen atoms in total. The Bertz CT molecular complexity index is 644. The monoisotopic (exact) mass is 566 g/mol. The fourth-order valence-corrected chi connectivity index (χ4v) is 3.23. The average molecular weight is 567 g/mol. The molecule has 13 heteroatoms. The first-order valence-electron chi connectivity index (χ1n) is 13.2. The molecule has 0 saturated heterocycles. The molecule has 0 aromatic heterocycles. The fraction of sp³-hybridized carbons (Fsp3) is 0.769. The Hall–Kier alpha value is -1.94. The van der Waals surface area contributed by atoms with Gasteiger partial charge in [-0.2, -0.15) is 0 Å². The molecule has 0 bridgehead atoms. The molecule has 0 saturated carbocycles. The van der Waals surface area contributed by atoms with Gasteiger partial charge in [-0.3, -0.25) is 0 Å². The first kappa shape index (κ1) is 37.1. The average Bonchev–Trinajstić information content (AvgIpc) is 2.93. The van der Waals surface area contributed by atoms with Crippen molar-refractivity contribution in [1.82, 2.24) is 0 Å². The standard InChI is InChI=1S/C26H47NO12/c1-3-25(33)38-18-22(30)6-5-21(16-36-14-8-24(32)19-39-26(34)4-2)15-35-13-7-23(31)17-37-20-27(9-11-28)10-12-29/h3-4,21-24,28-32H,1-2,5-20H2/p+1. The second-order valence-electron chi connectivity index (χ2n) is 9.01. The summed E-state index contributed by atoms with van der Waals surface area (Å²) in [5, 5.41) is 48.2. The topological polar surface area (TPSA) is 186 Å². The summed E-state index contributed by atoms with van der Waals surface area (Å²) in [5.74, 6) is -1.35. The highest BCUT2D eigenvalue weighted by Crippen LogP contribution is 2.12. The molecule has 0 aromatic carbocycles. The van der Waals surface area contributed by atoms with E-state index in [4.69, 9.17) is 33.9 Å². The molecular formula is C26H48NO12+. The van der Waals surface area contributed by atoms with Gasteiger partial charge in [-0.05, 0) is 25.7 Å². The number of ether oxygens (including phenoxy) is 5. The molecule has 4 atom stereocenters. The minimum atomic E-state index is -0.880. The summed E-state index contributed by atoms with van der Waals surface area (Å²) in [6.45, 7) is 8.49. The Morgan fingerprint density at radius 3 is 1.59 bits per heavy atom. The van der Waals surface area contributed by atoms with Gasteiger partial charge in [0.05, 0.1) is 51.3 Å². The molecule has 0 rings (SSSR count). The molecule has 0 amide bonds. The van der Waals surface area contributed by atoms with Crippen molar-refractivity contribution >= 4 is 11.9 Å². The van der Waals surface area contributed by atoms with Crippen molar-refractivity contribution in [1.29, 1.82) is 0 Å². The fourth-order valence-electron chi connectivity index (χ4n) is 3.23. The second-order valence-corrected chi connectivity index (χ2v) is 9.01. The number of aliphatic hydroxyl groups is 5. The van der Waals surface area contributed by atoms with E-state index in [0.717, 1.165) is 17.1 Å². The molecule has 0 spiro atoms. The summed E-state index contributed by atoms with van der Waals surface area (Å²) in [6.07, 6.45) is 0.959. The van der Waals surface area contributed by atoms with Crippen molar-refractivity contribution in [2.24, 2.45) is 5.92 Å². The van der Waals surface area contributed by atoms with Gasteiger partial charge in [0, 0.05) is 31.3 Å². The highest BCUT2D eigenvalue weighted by molar-refractivity contribution is 5.81. The molecule has 0 aliphatic heterocycles. The van der Waals surface area contributed by atoms with E-state index < -0.39 is 30.3 Å². The van der Waals surface area contributed by atoms with Crippen LogP contribution in [0, 0.1) is 5.92 Å². The number of carbonyl (C=O) groups excluding carboxylic acids is 2. The van der Waals surface area contributed by atoms with Crippen LogP contribution in [0.4, 0.5) is 0 Å². The Labute approximate surface area is 230 Å². The van der Waals surface area contributed by atoms with Crippen molar-refractivity contribution in [3.05, 3.63) is 25.3 Å². The third kappa shape index (κ3) is 22.6. The van der Waals surface area contributed by atoms with Gasteiger partial charge in [-0.1, -0.05) is 13.2 Å². The summed E-state index contributed by atoms with van der Waals surface area (Å²) in [4.78, 5) is 23.1. The van der Waals surface area contributed by atoms with Crippen molar-refractivity contribution in [3.8, 4) is 0 Å². The maximum atomic E-state index is 11.2. The van der Waals surface area contributed by atoms with Crippen LogP contribution in [-0.2, 0) is 33.3 Å². The van der Waals surface area contributed by atoms with E-state index in [1.165, 1.54) is 0 Å². The molecule has 0 aromatic rings. The van der Waals surface area contributed by atoms with Crippen LogP contribution < -0.4 is 4.90 Å². The number of aliphatic hydroxyl groups excluding tert-OH is 5. The number of rotatable bonds is 27. The van der Waals surface area contributed by atoms with Crippen LogP contribution in [0.3, 0.4) is 0 Å². The molecule has 0 heterocycles. The zero-order valence-corrected chi connectivity index (χ0v) is 22.8. The SMILES string of the molecule is C=CC(=O)OCC(O)CCOCC(CCC(O)COC(=O)C=C)COCCC(O)COC[NH+](CCO)CCO. The minimum absolute atomic E-state index is 0.0251. The normalized spacial score (nSPS) is 14.4. The molecule has 228 valence electrons. The zero-order chi connectivity index (χ0) is 29.3. The highest BCUT2D eigenvalue weighted by atomic mass is 16.5. The Morgan fingerprint density at radius 1 is 0.667 bits per heavy atom. The number of hydrogen-bond donors (Lipinski definition) is 6. The first-order valence-corrected chi connectivity index (χ1v) is 13.2. The minimum Gasteiger partial charge on any atom is -0.460 e. The lowest BCUT2D eigenvalue weighted by Crippen LogP contribution is -3.13. The van der Waals surface area contributed by atoms with Crippen LogP contribution >= 0.6 is 0 Å². The zero-order valence-electron chi connectivity index (χ0n) is 22.8. The molecule has 0 aliphatic carbocycles. The van der Waals surface area contributed by atoms with Gasteiger partial charge in [0.1, 0.15) is 26.3 Å². The van der Waals surface area contributed by atoms with Gasteiger partial charge in [0.25, 0.3) is 0 Å². The molecule has 39 heavy (non-hydrogen) atoms. The number of hydrogen-bond acceptors (Lipinski definition) is 12. The quantitative estimate of drug-likeness (QED) is 0.0268. The van der Waals surface area contributed by atoms with E-state index in [1.54, 1.807) is 0 Å². The van der Waals surface area contributed by atoms with Crippen LogP contribution in [0.2, 0.25) is 0 Å². The lowest BCUT2D eigenvalue weighted by molar-refractivity contribution is -0.920. The van der Waals surface area contributed by atoms with Crippen LogP contribution in [0.15, 0.2) is 25.3 Å². The summed E-state index contributed by atoms with van der Waals surface area (Å²) in [5.41, 5.74) is 0. The maximum Gasteiger partial charge on any atom is 0.330 e. The van der Waals surface area contributed by atoms with E-state index in [0.29, 0.717) is 32.4 Å².